The highest BCUT2D eigenvalue weighted by molar-refractivity contribution is 6.31. The summed E-state index contributed by atoms with van der Waals surface area (Å²) in [6.07, 6.45) is -0.233. The van der Waals surface area contributed by atoms with Crippen LogP contribution in [0.3, 0.4) is 0 Å². The van der Waals surface area contributed by atoms with Gasteiger partial charge in [0.1, 0.15) is 11.6 Å². The lowest BCUT2D eigenvalue weighted by Gasteiger charge is -2.21. The lowest BCUT2D eigenvalue weighted by atomic mass is 9.96. The van der Waals surface area contributed by atoms with Crippen molar-refractivity contribution in [2.75, 3.05) is 18.0 Å². The molecule has 0 spiro atoms. The maximum atomic E-state index is 13.8. The number of fused-ring (bicyclic) bond motifs is 1. The van der Waals surface area contributed by atoms with Crippen molar-refractivity contribution in [3.05, 3.63) is 40.4 Å². The van der Waals surface area contributed by atoms with Gasteiger partial charge in [0.25, 0.3) is 5.92 Å². The predicted octanol–water partition coefficient (Wildman–Crippen LogP) is 4.21. The fourth-order valence-corrected chi connectivity index (χ4v) is 3.41. The van der Waals surface area contributed by atoms with Gasteiger partial charge in [0.2, 0.25) is 5.65 Å². The Morgan fingerprint density at radius 1 is 1.17 bits per heavy atom. The van der Waals surface area contributed by atoms with Crippen LogP contribution in [0.5, 0.6) is 0 Å². The fourth-order valence-electron chi connectivity index (χ4n) is 3.18. The van der Waals surface area contributed by atoms with Gasteiger partial charge in [0.15, 0.2) is 11.3 Å². The van der Waals surface area contributed by atoms with Crippen LogP contribution in [0.4, 0.5) is 19.0 Å². The van der Waals surface area contributed by atoms with Crippen molar-refractivity contribution in [3.63, 3.8) is 0 Å². The summed E-state index contributed by atoms with van der Waals surface area (Å²) in [6, 6.07) is 4.08. The molecule has 1 saturated heterocycles. The van der Waals surface area contributed by atoms with Crippen molar-refractivity contribution in [1.82, 2.24) is 25.0 Å². The van der Waals surface area contributed by atoms with Crippen molar-refractivity contribution in [2.24, 2.45) is 0 Å². The van der Waals surface area contributed by atoms with E-state index in [2.05, 4.69) is 20.2 Å². The fraction of sp³-hybridized carbons (Fsp3) is 0.474. The maximum Gasteiger partial charge on any atom is 0.266 e. The van der Waals surface area contributed by atoms with E-state index in [0.29, 0.717) is 28.4 Å². The summed E-state index contributed by atoms with van der Waals surface area (Å²) in [5.41, 5.74) is 0.920. The lowest BCUT2D eigenvalue weighted by molar-refractivity contribution is 0.0257. The summed E-state index contributed by atoms with van der Waals surface area (Å²) in [5.74, 6) is -2.34. The molecule has 0 saturated carbocycles. The van der Waals surface area contributed by atoms with Crippen LogP contribution in [0.2, 0.25) is 5.02 Å². The number of anilines is 1. The van der Waals surface area contributed by atoms with Crippen LogP contribution in [0.25, 0.3) is 11.2 Å². The summed E-state index contributed by atoms with van der Waals surface area (Å²) in [4.78, 5) is 12.0. The molecule has 10 heteroatoms. The molecule has 0 radical (unpaired) electrons. The molecule has 0 aliphatic carbocycles. The summed E-state index contributed by atoms with van der Waals surface area (Å²) >= 11 is 6.10. The molecule has 0 N–H and O–H groups in total. The van der Waals surface area contributed by atoms with Gasteiger partial charge in [-0.05, 0) is 17.7 Å². The van der Waals surface area contributed by atoms with E-state index in [-0.39, 0.29) is 24.5 Å². The standard InChI is InChI=1S/C19H20ClF3N6/c1-18(2,3)17-24-15-14(16(25-17)28-7-6-19(22,23)10-28)26-29(27-15)9-11-4-5-12(21)8-13(11)20/h4-5,8H,6-7,9-10H2,1-3H3. The Morgan fingerprint density at radius 3 is 2.55 bits per heavy atom. The monoisotopic (exact) mass is 424 g/mol. The highest BCUT2D eigenvalue weighted by atomic mass is 35.5. The van der Waals surface area contributed by atoms with Crippen molar-refractivity contribution in [2.45, 2.75) is 45.1 Å². The summed E-state index contributed by atoms with van der Waals surface area (Å²) in [5, 5.41) is 9.09. The second-order valence-corrected chi connectivity index (χ2v) is 8.69. The minimum atomic E-state index is -2.77. The van der Waals surface area contributed by atoms with Crippen LogP contribution in [-0.4, -0.2) is 44.0 Å². The molecule has 6 nitrogen and oxygen atoms in total. The zero-order chi connectivity index (χ0) is 21.0. The molecule has 2 aromatic heterocycles. The first-order chi connectivity index (χ1) is 13.5. The summed E-state index contributed by atoms with van der Waals surface area (Å²) in [7, 11) is 0. The van der Waals surface area contributed by atoms with Gasteiger partial charge in [-0.1, -0.05) is 38.4 Å². The first-order valence-corrected chi connectivity index (χ1v) is 9.60. The van der Waals surface area contributed by atoms with Gasteiger partial charge in [-0.15, -0.1) is 10.2 Å². The van der Waals surface area contributed by atoms with Gasteiger partial charge in [-0.2, -0.15) is 4.80 Å². The van der Waals surface area contributed by atoms with E-state index in [0.717, 1.165) is 0 Å². The summed E-state index contributed by atoms with van der Waals surface area (Å²) in [6.45, 7) is 5.78. The molecule has 0 unspecified atom stereocenters. The molecule has 0 amide bonds. The van der Waals surface area contributed by atoms with E-state index >= 15 is 0 Å². The molecule has 154 valence electrons. The third-order valence-electron chi connectivity index (χ3n) is 4.74. The predicted molar refractivity (Wildman–Crippen MR) is 104 cm³/mol. The molecule has 1 aliphatic rings. The molecule has 1 fully saturated rings. The Kier molecular flexibility index (Phi) is 4.68. The number of hydrogen-bond donors (Lipinski definition) is 0. The van der Waals surface area contributed by atoms with Gasteiger partial charge in [-0.25, -0.2) is 23.1 Å². The number of alkyl halides is 2. The van der Waals surface area contributed by atoms with Gasteiger partial charge in [0, 0.05) is 23.4 Å². The number of benzene rings is 1. The minimum absolute atomic E-state index is 0.180. The second kappa shape index (κ2) is 6.83. The van der Waals surface area contributed by atoms with Gasteiger partial charge in [0.05, 0.1) is 13.1 Å². The molecule has 0 bridgehead atoms. The van der Waals surface area contributed by atoms with Crippen LogP contribution in [0.1, 0.15) is 38.6 Å². The normalized spacial score (nSPS) is 16.7. The quantitative estimate of drug-likeness (QED) is 0.630. The van der Waals surface area contributed by atoms with Crippen LogP contribution in [0, 0.1) is 5.82 Å². The first kappa shape index (κ1) is 19.9. The van der Waals surface area contributed by atoms with Crippen LogP contribution in [0.15, 0.2) is 18.2 Å². The van der Waals surface area contributed by atoms with E-state index in [1.54, 1.807) is 6.07 Å². The molecule has 1 aromatic carbocycles. The summed E-state index contributed by atoms with van der Waals surface area (Å²) < 4.78 is 40.9. The van der Waals surface area contributed by atoms with Crippen LogP contribution < -0.4 is 4.90 Å². The van der Waals surface area contributed by atoms with E-state index in [1.807, 2.05) is 20.8 Å². The second-order valence-electron chi connectivity index (χ2n) is 8.29. The molecule has 1 aliphatic heterocycles. The Balaban J connectivity index is 1.79. The molecule has 3 heterocycles. The van der Waals surface area contributed by atoms with E-state index in [9.17, 15) is 13.2 Å². The highest BCUT2D eigenvalue weighted by Crippen LogP contribution is 2.34. The molecule has 3 aromatic rings. The van der Waals surface area contributed by atoms with E-state index < -0.39 is 23.7 Å². The number of hydrogen-bond acceptors (Lipinski definition) is 5. The Labute approximate surface area is 170 Å². The van der Waals surface area contributed by atoms with Gasteiger partial charge >= 0.3 is 0 Å². The maximum absolute atomic E-state index is 13.8. The van der Waals surface area contributed by atoms with Gasteiger partial charge in [-0.3, -0.25) is 0 Å². The number of halogens is 4. The largest absolute Gasteiger partial charge is 0.348 e. The average Bonchev–Trinajstić information content (AvgIpc) is 3.18. The minimum Gasteiger partial charge on any atom is -0.348 e. The van der Waals surface area contributed by atoms with Crippen molar-refractivity contribution >= 4 is 28.6 Å². The Morgan fingerprint density at radius 2 is 1.93 bits per heavy atom. The topological polar surface area (TPSA) is 59.7 Å². The third kappa shape index (κ3) is 4.01. The third-order valence-corrected chi connectivity index (χ3v) is 5.09. The van der Waals surface area contributed by atoms with E-state index in [4.69, 9.17) is 11.6 Å². The average molecular weight is 425 g/mol. The van der Waals surface area contributed by atoms with Crippen molar-refractivity contribution in [1.29, 1.82) is 0 Å². The van der Waals surface area contributed by atoms with E-state index in [1.165, 1.54) is 21.8 Å². The molecule has 29 heavy (non-hydrogen) atoms. The number of nitrogens with zero attached hydrogens (tertiary/aromatic N) is 6. The van der Waals surface area contributed by atoms with Crippen molar-refractivity contribution in [3.8, 4) is 0 Å². The van der Waals surface area contributed by atoms with Crippen LogP contribution in [-0.2, 0) is 12.0 Å². The highest BCUT2D eigenvalue weighted by Gasteiger charge is 2.40. The number of rotatable bonds is 3. The first-order valence-electron chi connectivity index (χ1n) is 9.22. The molecule has 4 rings (SSSR count). The molecule has 0 atom stereocenters. The number of aromatic nitrogens is 5. The molecular formula is C19H20ClF3N6. The molecular weight excluding hydrogens is 405 g/mol. The lowest BCUT2D eigenvalue weighted by Crippen LogP contribution is -2.27. The van der Waals surface area contributed by atoms with Gasteiger partial charge < -0.3 is 4.90 Å². The smallest absolute Gasteiger partial charge is 0.266 e. The zero-order valence-corrected chi connectivity index (χ0v) is 17.0. The SMILES string of the molecule is CC(C)(C)c1nc(N2CCC(F)(F)C2)c2nn(Cc3ccc(F)cc3Cl)nc2n1. The Bertz CT molecular complexity index is 1080. The van der Waals surface area contributed by atoms with Crippen LogP contribution >= 0.6 is 11.6 Å². The van der Waals surface area contributed by atoms with Crippen molar-refractivity contribution < 1.29 is 13.2 Å². The zero-order valence-electron chi connectivity index (χ0n) is 16.3. The Hall–Kier alpha value is -2.42.